The van der Waals surface area contributed by atoms with Crippen molar-refractivity contribution in [1.82, 2.24) is 10.3 Å². The Morgan fingerprint density at radius 3 is 2.70 bits per heavy atom. The Balaban J connectivity index is 1.81. The van der Waals surface area contributed by atoms with Crippen molar-refractivity contribution in [3.63, 3.8) is 0 Å². The molecule has 0 radical (unpaired) electrons. The van der Waals surface area contributed by atoms with Gasteiger partial charge in [-0.1, -0.05) is 12.1 Å². The first-order chi connectivity index (χ1) is 9.67. The van der Waals surface area contributed by atoms with Crippen molar-refractivity contribution in [2.75, 3.05) is 6.61 Å². The van der Waals surface area contributed by atoms with Gasteiger partial charge >= 0.3 is 0 Å². The van der Waals surface area contributed by atoms with E-state index in [1.807, 2.05) is 43.5 Å². The topological polar surface area (TPSA) is 51.2 Å². The molecule has 0 atom stereocenters. The predicted molar refractivity (Wildman–Crippen MR) is 80.0 cm³/mol. The maximum Gasteiger partial charge on any atom is 0.224 e. The summed E-state index contributed by atoms with van der Waals surface area (Å²) >= 11 is 1.59. The summed E-state index contributed by atoms with van der Waals surface area (Å²) in [4.78, 5) is 16.1. The zero-order chi connectivity index (χ0) is 14.4. The monoisotopic (exact) mass is 290 g/mol. The molecule has 5 heteroatoms. The molecule has 2 rings (SSSR count). The summed E-state index contributed by atoms with van der Waals surface area (Å²) in [7, 11) is 0. The van der Waals surface area contributed by atoms with E-state index in [0.717, 1.165) is 22.0 Å². The van der Waals surface area contributed by atoms with Crippen LogP contribution < -0.4 is 10.1 Å². The Labute approximate surface area is 122 Å². The first-order valence-corrected chi connectivity index (χ1v) is 7.44. The lowest BCUT2D eigenvalue weighted by atomic mass is 10.1. The van der Waals surface area contributed by atoms with Gasteiger partial charge in [0.2, 0.25) is 5.91 Å². The van der Waals surface area contributed by atoms with E-state index in [0.29, 0.717) is 19.6 Å². The van der Waals surface area contributed by atoms with Crippen LogP contribution in [0.3, 0.4) is 0 Å². The molecule has 0 aliphatic heterocycles. The van der Waals surface area contributed by atoms with Crippen LogP contribution in [0.5, 0.6) is 5.75 Å². The smallest absolute Gasteiger partial charge is 0.224 e. The molecule has 0 fully saturated rings. The van der Waals surface area contributed by atoms with Gasteiger partial charge in [-0.05, 0) is 31.5 Å². The molecule has 0 aliphatic carbocycles. The minimum atomic E-state index is -0.000173. The molecular weight excluding hydrogens is 272 g/mol. The number of aryl methyl sites for hydroxylation is 1. The number of ether oxygens (including phenoxy) is 1. The van der Waals surface area contributed by atoms with E-state index < -0.39 is 0 Å². The molecule has 0 aliphatic rings. The molecule has 0 saturated heterocycles. The number of rotatable bonds is 6. The number of aromatic nitrogens is 1. The van der Waals surface area contributed by atoms with E-state index in [4.69, 9.17) is 4.74 Å². The van der Waals surface area contributed by atoms with Gasteiger partial charge in [0.25, 0.3) is 0 Å². The molecule has 0 saturated carbocycles. The van der Waals surface area contributed by atoms with Crippen LogP contribution >= 0.6 is 11.3 Å². The number of carbonyl (C=O) groups is 1. The summed E-state index contributed by atoms with van der Waals surface area (Å²) in [5.74, 6) is 0.828. The van der Waals surface area contributed by atoms with E-state index in [1.54, 1.807) is 11.3 Å². The van der Waals surface area contributed by atoms with Crippen LogP contribution in [-0.4, -0.2) is 17.5 Å². The van der Waals surface area contributed by atoms with Gasteiger partial charge in [0.15, 0.2) is 0 Å². The van der Waals surface area contributed by atoms with E-state index in [-0.39, 0.29) is 5.91 Å². The number of nitrogens with one attached hydrogen (secondary N) is 1. The Morgan fingerprint density at radius 2 is 2.10 bits per heavy atom. The van der Waals surface area contributed by atoms with Crippen LogP contribution in [0.2, 0.25) is 0 Å². The lowest BCUT2D eigenvalue weighted by Gasteiger charge is -2.06. The molecule has 1 N–H and O–H groups in total. The third-order valence-electron chi connectivity index (χ3n) is 2.73. The third kappa shape index (κ3) is 4.35. The van der Waals surface area contributed by atoms with Gasteiger partial charge in [0.1, 0.15) is 5.75 Å². The Morgan fingerprint density at radius 1 is 1.35 bits per heavy atom. The second-order valence-corrected chi connectivity index (χ2v) is 5.45. The normalized spacial score (nSPS) is 10.3. The minimum Gasteiger partial charge on any atom is -0.494 e. The molecule has 0 unspecified atom stereocenters. The summed E-state index contributed by atoms with van der Waals surface area (Å²) < 4.78 is 5.37. The van der Waals surface area contributed by atoms with Crippen molar-refractivity contribution in [3.8, 4) is 5.75 Å². The first kappa shape index (κ1) is 14.5. The quantitative estimate of drug-likeness (QED) is 0.890. The van der Waals surface area contributed by atoms with Crippen LogP contribution in [0.1, 0.15) is 23.2 Å². The predicted octanol–water partition coefficient (Wildman–Crippen LogP) is 2.71. The zero-order valence-electron chi connectivity index (χ0n) is 11.7. The molecule has 1 amide bonds. The van der Waals surface area contributed by atoms with Crippen LogP contribution in [0.25, 0.3) is 0 Å². The molecular formula is C15H18N2O2S. The zero-order valence-corrected chi connectivity index (χ0v) is 12.5. The Bertz CT molecular complexity index is 564. The highest BCUT2D eigenvalue weighted by Crippen LogP contribution is 2.12. The maximum atomic E-state index is 11.8. The average Bonchev–Trinajstić information content (AvgIpc) is 2.85. The van der Waals surface area contributed by atoms with Gasteiger partial charge in [0, 0.05) is 5.38 Å². The van der Waals surface area contributed by atoms with Gasteiger partial charge in [-0.15, -0.1) is 11.3 Å². The molecule has 1 aromatic heterocycles. The summed E-state index contributed by atoms with van der Waals surface area (Å²) in [6, 6.07) is 7.60. The maximum absolute atomic E-state index is 11.8. The number of carbonyl (C=O) groups excluding carboxylic acids is 1. The van der Waals surface area contributed by atoms with Crippen LogP contribution in [-0.2, 0) is 17.8 Å². The summed E-state index contributed by atoms with van der Waals surface area (Å²) in [6.07, 6.45) is 0.371. The van der Waals surface area contributed by atoms with Crippen LogP contribution in [0.4, 0.5) is 0 Å². The second kappa shape index (κ2) is 7.05. The number of hydrogen-bond donors (Lipinski definition) is 1. The van der Waals surface area contributed by atoms with Crippen molar-refractivity contribution in [2.24, 2.45) is 0 Å². The molecule has 4 nitrogen and oxygen atoms in total. The summed E-state index contributed by atoms with van der Waals surface area (Å²) in [5, 5.41) is 5.85. The first-order valence-electron chi connectivity index (χ1n) is 6.57. The standard InChI is InChI=1S/C15H18N2O2S/c1-3-19-14-6-4-12(5-7-14)8-15(18)16-9-13-10-20-11(2)17-13/h4-7,10H,3,8-9H2,1-2H3,(H,16,18). The fourth-order valence-electron chi connectivity index (χ4n) is 1.80. The van der Waals surface area contributed by atoms with Gasteiger partial charge in [-0.2, -0.15) is 0 Å². The summed E-state index contributed by atoms with van der Waals surface area (Å²) in [5.41, 5.74) is 1.88. The number of hydrogen-bond acceptors (Lipinski definition) is 4. The number of thiazole rings is 1. The van der Waals surface area contributed by atoms with Gasteiger partial charge in [0.05, 0.1) is 30.3 Å². The molecule has 20 heavy (non-hydrogen) atoms. The fraction of sp³-hybridized carbons (Fsp3) is 0.333. The lowest BCUT2D eigenvalue weighted by Crippen LogP contribution is -2.24. The Kier molecular flexibility index (Phi) is 5.12. The lowest BCUT2D eigenvalue weighted by molar-refractivity contribution is -0.120. The third-order valence-corrected chi connectivity index (χ3v) is 3.55. The molecule has 1 aromatic carbocycles. The molecule has 2 aromatic rings. The van der Waals surface area contributed by atoms with E-state index in [9.17, 15) is 4.79 Å². The molecule has 1 heterocycles. The van der Waals surface area contributed by atoms with Gasteiger partial charge in [-0.25, -0.2) is 4.98 Å². The molecule has 0 spiro atoms. The Hall–Kier alpha value is -1.88. The van der Waals surface area contributed by atoms with Gasteiger partial charge < -0.3 is 10.1 Å². The minimum absolute atomic E-state index is 0.000173. The van der Waals surface area contributed by atoms with E-state index in [2.05, 4.69) is 10.3 Å². The van der Waals surface area contributed by atoms with Crippen molar-refractivity contribution in [1.29, 1.82) is 0 Å². The molecule has 0 bridgehead atoms. The van der Waals surface area contributed by atoms with Crippen molar-refractivity contribution < 1.29 is 9.53 Å². The van der Waals surface area contributed by atoms with Crippen molar-refractivity contribution >= 4 is 17.2 Å². The highest BCUT2D eigenvalue weighted by Gasteiger charge is 2.05. The van der Waals surface area contributed by atoms with Crippen LogP contribution in [0.15, 0.2) is 29.6 Å². The van der Waals surface area contributed by atoms with E-state index in [1.165, 1.54) is 0 Å². The summed E-state index contributed by atoms with van der Waals surface area (Å²) in [6.45, 7) is 5.03. The fourth-order valence-corrected chi connectivity index (χ4v) is 2.41. The number of benzene rings is 1. The highest BCUT2D eigenvalue weighted by molar-refractivity contribution is 7.09. The second-order valence-electron chi connectivity index (χ2n) is 4.39. The van der Waals surface area contributed by atoms with Gasteiger partial charge in [-0.3, -0.25) is 4.79 Å². The average molecular weight is 290 g/mol. The SMILES string of the molecule is CCOc1ccc(CC(=O)NCc2csc(C)n2)cc1. The number of nitrogens with zero attached hydrogens (tertiary/aromatic N) is 1. The number of amides is 1. The van der Waals surface area contributed by atoms with Crippen molar-refractivity contribution in [2.45, 2.75) is 26.8 Å². The molecule has 106 valence electrons. The largest absolute Gasteiger partial charge is 0.494 e. The van der Waals surface area contributed by atoms with E-state index >= 15 is 0 Å². The van der Waals surface area contributed by atoms with Crippen molar-refractivity contribution in [3.05, 3.63) is 45.9 Å². The van der Waals surface area contributed by atoms with Crippen LogP contribution in [0, 0.1) is 6.92 Å². The highest BCUT2D eigenvalue weighted by atomic mass is 32.1.